The number of hydrogen-bond donors (Lipinski definition) is 0. The van der Waals surface area contributed by atoms with Crippen LogP contribution in [0.1, 0.15) is 37.1 Å². The SMILES string of the molecule is CCS(=O)(=NC(=O)C(F)F)c1nn2c(C3CC3)ccnc2c1-c1nc2cc(C(F)(F)F)ncc2n1C. The van der Waals surface area contributed by atoms with Crippen LogP contribution in [0.25, 0.3) is 28.1 Å². The molecule has 1 aliphatic rings. The number of halogens is 5. The van der Waals surface area contributed by atoms with Gasteiger partial charge in [0.05, 0.1) is 22.8 Å². The molecule has 4 heterocycles. The number of fused-ring (bicyclic) bond motifs is 2. The number of carbonyl (C=O) groups is 1. The van der Waals surface area contributed by atoms with Crippen molar-refractivity contribution >= 4 is 32.3 Å². The first-order valence-corrected chi connectivity index (χ1v) is 12.5. The second kappa shape index (κ2) is 8.28. The molecule has 9 nitrogen and oxygen atoms in total. The maximum absolute atomic E-state index is 13.8. The summed E-state index contributed by atoms with van der Waals surface area (Å²) in [7, 11) is -2.32. The fourth-order valence-electron chi connectivity index (χ4n) is 3.95. The zero-order valence-corrected chi connectivity index (χ0v) is 19.6. The number of alkyl halides is 5. The number of aromatic nitrogens is 6. The van der Waals surface area contributed by atoms with Crippen LogP contribution in [0, 0.1) is 0 Å². The molecule has 1 atom stereocenters. The summed E-state index contributed by atoms with van der Waals surface area (Å²) >= 11 is 0. The third kappa shape index (κ3) is 3.90. The van der Waals surface area contributed by atoms with Crippen LogP contribution < -0.4 is 0 Å². The predicted octanol–water partition coefficient (Wildman–Crippen LogP) is 4.21. The lowest BCUT2D eigenvalue weighted by atomic mass is 10.2. The Morgan fingerprint density at radius 2 is 2.00 bits per heavy atom. The number of rotatable bonds is 5. The molecule has 5 rings (SSSR count). The lowest BCUT2D eigenvalue weighted by Gasteiger charge is -2.07. The normalized spacial score (nSPS) is 16.1. The molecular weight excluding hydrogens is 509 g/mol. The summed E-state index contributed by atoms with van der Waals surface area (Å²) < 4.78 is 85.7. The Bertz CT molecular complexity index is 1650. The summed E-state index contributed by atoms with van der Waals surface area (Å²) in [6.45, 7) is 1.40. The average molecular weight is 527 g/mol. The number of imidazole rings is 1. The molecule has 0 bridgehead atoms. The number of nitrogens with zero attached hydrogens (tertiary/aromatic N) is 7. The molecule has 1 unspecified atom stereocenters. The quantitative estimate of drug-likeness (QED) is 0.360. The summed E-state index contributed by atoms with van der Waals surface area (Å²) in [5.74, 6) is -2.01. The van der Waals surface area contributed by atoms with Crippen molar-refractivity contribution in [2.75, 3.05) is 5.75 Å². The van der Waals surface area contributed by atoms with Crippen molar-refractivity contribution in [3.8, 4) is 11.4 Å². The third-order valence-electron chi connectivity index (χ3n) is 5.91. The van der Waals surface area contributed by atoms with Crippen molar-refractivity contribution in [2.45, 2.75) is 43.3 Å². The molecular formula is C21H18F5N7O2S. The standard InChI is InChI=1S/C21H18F5N7O2S/c1-3-36(35,31-19(34)16(22)23)20-15(17-27-7-6-12(10-4-5-10)33(17)30-20)18-29-11-8-14(21(24,25)26)28-9-13(11)32(18)2/h6-10,16H,3-5H2,1-2H3. The topological polar surface area (TPSA) is 107 Å². The highest BCUT2D eigenvalue weighted by Gasteiger charge is 2.35. The molecule has 0 radical (unpaired) electrons. The zero-order chi connectivity index (χ0) is 26.0. The van der Waals surface area contributed by atoms with Crippen LogP contribution in [0.3, 0.4) is 0 Å². The van der Waals surface area contributed by atoms with Crippen LogP contribution in [0.4, 0.5) is 22.0 Å². The molecule has 1 amide bonds. The van der Waals surface area contributed by atoms with Gasteiger partial charge in [-0.15, -0.1) is 0 Å². The minimum atomic E-state index is -4.70. The van der Waals surface area contributed by atoms with Gasteiger partial charge < -0.3 is 4.57 Å². The molecule has 15 heteroatoms. The van der Waals surface area contributed by atoms with Crippen LogP contribution in [-0.2, 0) is 27.7 Å². The van der Waals surface area contributed by atoms with Crippen molar-refractivity contribution in [3.05, 3.63) is 35.9 Å². The molecule has 0 spiro atoms. The van der Waals surface area contributed by atoms with Gasteiger partial charge in [-0.2, -0.15) is 31.4 Å². The van der Waals surface area contributed by atoms with Gasteiger partial charge in [-0.1, -0.05) is 6.92 Å². The summed E-state index contributed by atoms with van der Waals surface area (Å²) in [5, 5.41) is 4.12. The van der Waals surface area contributed by atoms with Crippen LogP contribution in [-0.4, -0.2) is 51.4 Å². The van der Waals surface area contributed by atoms with Gasteiger partial charge >= 0.3 is 18.5 Å². The molecule has 0 aliphatic heterocycles. The molecule has 36 heavy (non-hydrogen) atoms. The first-order chi connectivity index (χ1) is 16.9. The van der Waals surface area contributed by atoms with Crippen molar-refractivity contribution in [1.82, 2.24) is 29.1 Å². The van der Waals surface area contributed by atoms with E-state index < -0.39 is 33.9 Å². The number of aryl methyl sites for hydroxylation is 1. The van der Waals surface area contributed by atoms with E-state index in [0.29, 0.717) is 0 Å². The third-order valence-corrected chi connectivity index (χ3v) is 8.06. The van der Waals surface area contributed by atoms with Gasteiger partial charge in [0, 0.05) is 30.6 Å². The Balaban J connectivity index is 1.85. The van der Waals surface area contributed by atoms with Gasteiger partial charge in [0.1, 0.15) is 21.2 Å². The molecule has 190 valence electrons. The molecule has 4 aromatic rings. The van der Waals surface area contributed by atoms with Gasteiger partial charge in [-0.05, 0) is 25.0 Å². The van der Waals surface area contributed by atoms with E-state index in [2.05, 4.69) is 24.4 Å². The summed E-state index contributed by atoms with van der Waals surface area (Å²) in [4.78, 5) is 23.9. The van der Waals surface area contributed by atoms with Gasteiger partial charge in [-0.25, -0.2) is 23.7 Å². The zero-order valence-electron chi connectivity index (χ0n) is 18.8. The molecule has 4 aromatic heterocycles. The van der Waals surface area contributed by atoms with Gasteiger partial charge in [-0.3, -0.25) is 4.79 Å². The Labute approximate surface area is 200 Å². The van der Waals surface area contributed by atoms with E-state index in [9.17, 15) is 31.0 Å². The monoisotopic (exact) mass is 527 g/mol. The van der Waals surface area contributed by atoms with Crippen molar-refractivity contribution in [3.63, 3.8) is 0 Å². The highest BCUT2D eigenvalue weighted by atomic mass is 32.2. The van der Waals surface area contributed by atoms with Gasteiger partial charge in [0.25, 0.3) is 0 Å². The first-order valence-electron chi connectivity index (χ1n) is 10.8. The minimum Gasteiger partial charge on any atom is -0.326 e. The second-order valence-electron chi connectivity index (χ2n) is 8.27. The van der Waals surface area contributed by atoms with E-state index >= 15 is 0 Å². The average Bonchev–Trinajstić information content (AvgIpc) is 3.52. The predicted molar refractivity (Wildman–Crippen MR) is 118 cm³/mol. The van der Waals surface area contributed by atoms with E-state index in [1.807, 2.05) is 0 Å². The highest BCUT2D eigenvalue weighted by Crippen LogP contribution is 2.42. The summed E-state index contributed by atoms with van der Waals surface area (Å²) in [6.07, 6.45) is -3.92. The lowest BCUT2D eigenvalue weighted by Crippen LogP contribution is -2.14. The summed E-state index contributed by atoms with van der Waals surface area (Å²) in [5.41, 5.74) is -0.0542. The molecule has 0 saturated heterocycles. The van der Waals surface area contributed by atoms with Crippen LogP contribution in [0.15, 0.2) is 33.9 Å². The first kappa shape index (κ1) is 24.2. The minimum absolute atomic E-state index is 0.0254. The highest BCUT2D eigenvalue weighted by molar-refractivity contribution is 7.94. The maximum atomic E-state index is 13.8. The van der Waals surface area contributed by atoms with E-state index in [1.165, 1.54) is 29.3 Å². The Hall–Kier alpha value is -3.49. The lowest BCUT2D eigenvalue weighted by molar-refractivity contribution is -0.141. The largest absolute Gasteiger partial charge is 0.433 e. The van der Waals surface area contributed by atoms with E-state index in [1.54, 1.807) is 6.07 Å². The second-order valence-corrected chi connectivity index (χ2v) is 10.7. The Kier molecular flexibility index (Phi) is 5.57. The fraction of sp³-hybridized carbons (Fsp3) is 0.381. The van der Waals surface area contributed by atoms with Gasteiger partial charge in [0.15, 0.2) is 10.7 Å². The molecule has 1 aliphatic carbocycles. The van der Waals surface area contributed by atoms with Crippen molar-refractivity contribution in [1.29, 1.82) is 0 Å². The maximum Gasteiger partial charge on any atom is 0.433 e. The Morgan fingerprint density at radius 1 is 1.28 bits per heavy atom. The molecule has 0 N–H and O–H groups in total. The fourth-order valence-corrected chi connectivity index (χ4v) is 5.52. The number of amides is 1. The summed E-state index contributed by atoms with van der Waals surface area (Å²) in [6, 6.07) is 2.49. The smallest absolute Gasteiger partial charge is 0.326 e. The number of carbonyl (C=O) groups excluding carboxylic acids is 1. The molecule has 1 fully saturated rings. The Morgan fingerprint density at radius 3 is 2.61 bits per heavy atom. The van der Waals surface area contributed by atoms with E-state index in [0.717, 1.165) is 30.8 Å². The number of hydrogen-bond acceptors (Lipinski definition) is 6. The van der Waals surface area contributed by atoms with E-state index in [4.69, 9.17) is 0 Å². The van der Waals surface area contributed by atoms with Crippen LogP contribution in [0.5, 0.6) is 0 Å². The van der Waals surface area contributed by atoms with E-state index in [-0.39, 0.29) is 44.8 Å². The number of pyridine rings is 1. The van der Waals surface area contributed by atoms with Crippen LogP contribution >= 0.6 is 0 Å². The molecule has 0 aromatic carbocycles. The van der Waals surface area contributed by atoms with Crippen molar-refractivity contribution in [2.24, 2.45) is 11.4 Å². The van der Waals surface area contributed by atoms with Crippen LogP contribution in [0.2, 0.25) is 0 Å². The molecule has 1 saturated carbocycles. The van der Waals surface area contributed by atoms with Crippen molar-refractivity contribution < 1.29 is 31.0 Å². The van der Waals surface area contributed by atoms with Gasteiger partial charge in [0.2, 0.25) is 0 Å².